The van der Waals surface area contributed by atoms with Gasteiger partial charge in [-0.05, 0) is 49.4 Å². The molecule has 26 heavy (non-hydrogen) atoms. The number of carbonyl (C=O) groups excluding carboxylic acids is 2. The fraction of sp³-hybridized carbons (Fsp3) is 0.400. The van der Waals surface area contributed by atoms with E-state index in [-0.39, 0.29) is 36.1 Å². The minimum absolute atomic E-state index is 0.00161. The molecule has 0 saturated heterocycles. The third kappa shape index (κ3) is 4.50. The lowest BCUT2D eigenvalue weighted by atomic mass is 9.90. The van der Waals surface area contributed by atoms with E-state index < -0.39 is 0 Å². The minimum Gasteiger partial charge on any atom is -0.353 e. The maximum absolute atomic E-state index is 13.7. The second-order valence-electron chi connectivity index (χ2n) is 6.87. The fourth-order valence-electron chi connectivity index (χ4n) is 3.50. The molecule has 0 radical (unpaired) electrons. The topological polar surface area (TPSA) is 63.1 Å². The monoisotopic (exact) mass is 357 g/mol. The average Bonchev–Trinajstić information content (AvgIpc) is 3.03. The largest absolute Gasteiger partial charge is 0.353 e. The molecule has 1 saturated carbocycles. The Morgan fingerprint density at radius 1 is 1.12 bits per heavy atom. The van der Waals surface area contributed by atoms with Gasteiger partial charge in [-0.15, -0.1) is 0 Å². The van der Waals surface area contributed by atoms with Crippen molar-refractivity contribution in [3.63, 3.8) is 0 Å². The number of rotatable bonds is 5. The van der Waals surface area contributed by atoms with Crippen LogP contribution in [-0.2, 0) is 18.3 Å². The summed E-state index contributed by atoms with van der Waals surface area (Å²) in [6, 6.07) is 9.97. The predicted octanol–water partition coefficient (Wildman–Crippen LogP) is 2.56. The zero-order chi connectivity index (χ0) is 18.5. The first-order valence-electron chi connectivity index (χ1n) is 8.98. The Labute approximate surface area is 152 Å². The van der Waals surface area contributed by atoms with Crippen molar-refractivity contribution in [3.8, 4) is 0 Å². The second-order valence-corrected chi connectivity index (χ2v) is 6.87. The molecule has 1 aromatic carbocycles. The molecule has 3 rings (SSSR count). The number of hydrogen-bond donors (Lipinski definition) is 2. The molecule has 1 fully saturated rings. The van der Waals surface area contributed by atoms with Crippen LogP contribution >= 0.6 is 0 Å². The summed E-state index contributed by atoms with van der Waals surface area (Å²) in [5, 5.41) is 6.03. The number of carbonyl (C=O) groups is 2. The van der Waals surface area contributed by atoms with Crippen LogP contribution in [0, 0.1) is 5.82 Å². The number of aromatic nitrogens is 1. The van der Waals surface area contributed by atoms with Gasteiger partial charge in [0.25, 0.3) is 5.91 Å². The van der Waals surface area contributed by atoms with Crippen LogP contribution in [0.3, 0.4) is 0 Å². The number of hydrogen-bond acceptors (Lipinski definition) is 2. The summed E-state index contributed by atoms with van der Waals surface area (Å²) in [5.41, 5.74) is 1.02. The quantitative estimate of drug-likeness (QED) is 0.864. The van der Waals surface area contributed by atoms with Crippen LogP contribution in [0.2, 0.25) is 0 Å². The summed E-state index contributed by atoms with van der Waals surface area (Å²) in [4.78, 5) is 24.6. The molecule has 2 amide bonds. The molecule has 0 spiro atoms. The minimum atomic E-state index is -0.362. The van der Waals surface area contributed by atoms with Crippen molar-refractivity contribution >= 4 is 11.8 Å². The van der Waals surface area contributed by atoms with Crippen molar-refractivity contribution in [1.82, 2.24) is 15.2 Å². The number of nitrogens with zero attached hydrogens (tertiary/aromatic N) is 1. The molecule has 1 aromatic heterocycles. The van der Waals surface area contributed by atoms with Crippen molar-refractivity contribution in [1.29, 1.82) is 0 Å². The molecule has 1 heterocycles. The third-order valence-corrected chi connectivity index (χ3v) is 4.86. The van der Waals surface area contributed by atoms with Crippen LogP contribution in [0.25, 0.3) is 0 Å². The summed E-state index contributed by atoms with van der Waals surface area (Å²) in [6.45, 7) is 0. The lowest BCUT2D eigenvalue weighted by Crippen LogP contribution is -2.46. The van der Waals surface area contributed by atoms with Crippen LogP contribution in [-0.4, -0.2) is 28.5 Å². The Balaban J connectivity index is 1.52. The maximum atomic E-state index is 13.7. The Hall–Kier alpha value is -2.63. The number of aryl methyl sites for hydroxylation is 1. The third-order valence-electron chi connectivity index (χ3n) is 4.86. The van der Waals surface area contributed by atoms with Gasteiger partial charge in [0.2, 0.25) is 5.91 Å². The lowest BCUT2D eigenvalue weighted by molar-refractivity contribution is -0.121. The van der Waals surface area contributed by atoms with Crippen LogP contribution in [0.4, 0.5) is 4.39 Å². The van der Waals surface area contributed by atoms with E-state index in [0.29, 0.717) is 17.7 Å². The molecular weight excluding hydrogens is 333 g/mol. The van der Waals surface area contributed by atoms with Gasteiger partial charge < -0.3 is 15.2 Å². The van der Waals surface area contributed by atoms with E-state index >= 15 is 0 Å². The SMILES string of the molecule is Cn1cccc1C(=O)N[C@H]1CCC[C@@H](NC(=O)Cc2ccccc2F)C1. The van der Waals surface area contributed by atoms with Crippen LogP contribution in [0.5, 0.6) is 0 Å². The first kappa shape index (κ1) is 18.2. The van der Waals surface area contributed by atoms with E-state index in [1.807, 2.05) is 19.3 Å². The van der Waals surface area contributed by atoms with Crippen LogP contribution in [0.15, 0.2) is 42.6 Å². The highest BCUT2D eigenvalue weighted by molar-refractivity contribution is 5.92. The van der Waals surface area contributed by atoms with Gasteiger partial charge in [-0.25, -0.2) is 4.39 Å². The molecule has 0 bridgehead atoms. The maximum Gasteiger partial charge on any atom is 0.268 e. The van der Waals surface area contributed by atoms with E-state index in [2.05, 4.69) is 10.6 Å². The highest BCUT2D eigenvalue weighted by Crippen LogP contribution is 2.19. The molecule has 5 nitrogen and oxygen atoms in total. The lowest BCUT2D eigenvalue weighted by Gasteiger charge is -2.30. The number of benzene rings is 1. The molecule has 2 aromatic rings. The summed E-state index contributed by atoms with van der Waals surface area (Å²) < 4.78 is 15.5. The van der Waals surface area contributed by atoms with Gasteiger partial charge in [0.05, 0.1) is 6.42 Å². The Bertz CT molecular complexity index is 787. The van der Waals surface area contributed by atoms with Gasteiger partial charge in [-0.3, -0.25) is 9.59 Å². The summed E-state index contributed by atoms with van der Waals surface area (Å²) >= 11 is 0. The molecule has 2 N–H and O–H groups in total. The van der Waals surface area contributed by atoms with Crippen molar-refractivity contribution in [2.75, 3.05) is 0 Å². The second kappa shape index (κ2) is 8.17. The van der Waals surface area contributed by atoms with Crippen molar-refractivity contribution < 1.29 is 14.0 Å². The van der Waals surface area contributed by atoms with Crippen molar-refractivity contribution in [2.24, 2.45) is 7.05 Å². The van der Waals surface area contributed by atoms with Gasteiger partial charge in [0.15, 0.2) is 0 Å². The highest BCUT2D eigenvalue weighted by Gasteiger charge is 2.25. The Morgan fingerprint density at radius 2 is 1.85 bits per heavy atom. The number of halogens is 1. The van der Waals surface area contributed by atoms with Gasteiger partial charge >= 0.3 is 0 Å². The molecular formula is C20H24FN3O2. The van der Waals surface area contributed by atoms with E-state index in [4.69, 9.17) is 0 Å². The van der Waals surface area contributed by atoms with Crippen LogP contribution in [0.1, 0.15) is 41.7 Å². The van der Waals surface area contributed by atoms with Crippen molar-refractivity contribution in [2.45, 2.75) is 44.2 Å². The first-order chi connectivity index (χ1) is 12.5. The first-order valence-corrected chi connectivity index (χ1v) is 8.98. The normalized spacial score (nSPS) is 19.8. The molecule has 2 atom stereocenters. The zero-order valence-electron chi connectivity index (χ0n) is 14.9. The van der Waals surface area contributed by atoms with Gasteiger partial charge in [0, 0.05) is 25.3 Å². The molecule has 0 aliphatic heterocycles. The molecule has 6 heteroatoms. The van der Waals surface area contributed by atoms with Gasteiger partial charge in [0.1, 0.15) is 11.5 Å². The Morgan fingerprint density at radius 3 is 2.54 bits per heavy atom. The average molecular weight is 357 g/mol. The van der Waals surface area contributed by atoms with E-state index in [1.165, 1.54) is 6.07 Å². The van der Waals surface area contributed by atoms with Crippen LogP contribution < -0.4 is 10.6 Å². The van der Waals surface area contributed by atoms with Gasteiger partial charge in [-0.1, -0.05) is 18.2 Å². The van der Waals surface area contributed by atoms with E-state index in [9.17, 15) is 14.0 Å². The standard InChI is InChI=1S/C20H24FN3O2/c1-24-11-5-10-18(24)20(26)23-16-8-4-7-15(13-16)22-19(25)12-14-6-2-3-9-17(14)21/h2-3,5-6,9-11,15-16H,4,7-8,12-13H2,1H3,(H,22,25)(H,23,26)/t15-,16+/m1/s1. The van der Waals surface area contributed by atoms with E-state index in [0.717, 1.165) is 19.3 Å². The predicted molar refractivity (Wildman–Crippen MR) is 97.2 cm³/mol. The highest BCUT2D eigenvalue weighted by atomic mass is 19.1. The number of amides is 2. The van der Waals surface area contributed by atoms with E-state index in [1.54, 1.807) is 28.8 Å². The summed E-state index contributed by atoms with van der Waals surface area (Å²) in [6.07, 6.45) is 5.27. The zero-order valence-corrected chi connectivity index (χ0v) is 14.9. The van der Waals surface area contributed by atoms with Gasteiger partial charge in [-0.2, -0.15) is 0 Å². The number of nitrogens with one attached hydrogen (secondary N) is 2. The smallest absolute Gasteiger partial charge is 0.268 e. The fourth-order valence-corrected chi connectivity index (χ4v) is 3.50. The summed E-state index contributed by atoms with van der Waals surface area (Å²) in [5.74, 6) is -0.644. The molecule has 1 aliphatic carbocycles. The van der Waals surface area contributed by atoms with Crippen molar-refractivity contribution in [3.05, 3.63) is 59.7 Å². The Kier molecular flexibility index (Phi) is 5.71. The molecule has 1 aliphatic rings. The molecule has 138 valence electrons. The summed E-state index contributed by atoms with van der Waals surface area (Å²) in [7, 11) is 1.83. The molecule has 0 unspecified atom stereocenters.